The zero-order valence-corrected chi connectivity index (χ0v) is 14.6. The molecule has 1 rings (SSSR count). The fourth-order valence-electron chi connectivity index (χ4n) is 2.45. The van der Waals surface area contributed by atoms with Crippen molar-refractivity contribution in [3.8, 4) is 0 Å². The van der Waals surface area contributed by atoms with Crippen molar-refractivity contribution in [2.24, 2.45) is 0 Å². The summed E-state index contributed by atoms with van der Waals surface area (Å²) in [6.07, 6.45) is 8.74. The molecule has 0 aliphatic carbocycles. The highest BCUT2D eigenvalue weighted by Crippen LogP contribution is 2.11. The van der Waals surface area contributed by atoms with Crippen molar-refractivity contribution in [3.63, 3.8) is 0 Å². The van der Waals surface area contributed by atoms with Gasteiger partial charge in [-0.2, -0.15) is 0 Å². The number of rotatable bonds is 10. The molecule has 0 radical (unpaired) electrons. The summed E-state index contributed by atoms with van der Waals surface area (Å²) in [4.78, 5) is 23.3. The Hall–Kier alpha value is -1.84. The third-order valence-electron chi connectivity index (χ3n) is 3.94. The molecule has 1 aromatic carbocycles. The predicted molar refractivity (Wildman–Crippen MR) is 92.5 cm³/mol. The van der Waals surface area contributed by atoms with Gasteiger partial charge in [-0.15, -0.1) is 0 Å². The maximum atomic E-state index is 12.0. The number of unbranched alkanes of at least 4 members (excludes halogenated alkanes) is 5. The molecule has 1 aromatic rings. The number of nitrogens with one attached hydrogen (secondary N) is 1. The number of hydrogen-bond acceptors (Lipinski definition) is 3. The molecule has 0 aliphatic rings. The van der Waals surface area contributed by atoms with E-state index in [1.54, 1.807) is 6.92 Å². The normalized spacial score (nSPS) is 11.8. The van der Waals surface area contributed by atoms with E-state index in [0.29, 0.717) is 5.56 Å². The lowest BCUT2D eigenvalue weighted by Crippen LogP contribution is -2.39. The van der Waals surface area contributed by atoms with Crippen LogP contribution in [0.15, 0.2) is 24.3 Å². The van der Waals surface area contributed by atoms with Crippen LogP contribution < -0.4 is 5.32 Å². The first-order valence-electron chi connectivity index (χ1n) is 8.56. The lowest BCUT2D eigenvalue weighted by Gasteiger charge is -2.11. The van der Waals surface area contributed by atoms with Crippen molar-refractivity contribution in [3.05, 3.63) is 35.4 Å². The molecule has 0 spiro atoms. The Bertz CT molecular complexity index is 482. The van der Waals surface area contributed by atoms with E-state index >= 15 is 0 Å². The van der Waals surface area contributed by atoms with Crippen LogP contribution in [0.5, 0.6) is 0 Å². The van der Waals surface area contributed by atoms with Gasteiger partial charge < -0.3 is 10.1 Å². The average Bonchev–Trinajstić information content (AvgIpc) is 2.57. The van der Waals surface area contributed by atoms with Gasteiger partial charge in [0.05, 0.1) is 7.11 Å². The van der Waals surface area contributed by atoms with Gasteiger partial charge in [-0.3, -0.25) is 4.79 Å². The summed E-state index contributed by atoms with van der Waals surface area (Å²) in [5, 5.41) is 2.62. The fraction of sp³-hybridized carbons (Fsp3) is 0.579. The third kappa shape index (κ3) is 7.31. The average molecular weight is 319 g/mol. The zero-order chi connectivity index (χ0) is 17.1. The minimum atomic E-state index is -0.643. The van der Waals surface area contributed by atoms with Crippen LogP contribution in [0.1, 0.15) is 68.3 Å². The summed E-state index contributed by atoms with van der Waals surface area (Å²) in [5.41, 5.74) is 1.81. The number of aryl methyl sites for hydroxylation is 1. The van der Waals surface area contributed by atoms with Crippen molar-refractivity contribution < 1.29 is 14.3 Å². The van der Waals surface area contributed by atoms with Crippen molar-refractivity contribution in [1.29, 1.82) is 0 Å². The van der Waals surface area contributed by atoms with E-state index in [1.807, 2.05) is 24.3 Å². The Balaban J connectivity index is 2.37. The molecule has 4 heteroatoms. The Kier molecular flexibility index (Phi) is 9.03. The zero-order valence-electron chi connectivity index (χ0n) is 14.6. The molecule has 23 heavy (non-hydrogen) atoms. The Morgan fingerprint density at radius 2 is 1.65 bits per heavy atom. The summed E-state index contributed by atoms with van der Waals surface area (Å²) >= 11 is 0. The summed E-state index contributed by atoms with van der Waals surface area (Å²) < 4.78 is 4.59. The highest BCUT2D eigenvalue weighted by atomic mass is 16.5. The van der Waals surface area contributed by atoms with Gasteiger partial charge in [0.1, 0.15) is 6.04 Å². The molecule has 0 aromatic heterocycles. The maximum absolute atomic E-state index is 12.0. The number of esters is 1. The predicted octanol–water partition coefficient (Wildman–Crippen LogP) is 3.88. The van der Waals surface area contributed by atoms with Crippen LogP contribution in [0.25, 0.3) is 0 Å². The Morgan fingerprint density at radius 1 is 1.04 bits per heavy atom. The quantitative estimate of drug-likeness (QED) is 0.526. The number of carbonyl (C=O) groups is 2. The standard InChI is InChI=1S/C19H29NO3/c1-4-5-6-7-8-9-10-16-11-13-17(14-12-16)18(21)20-15(2)19(22)23-3/h11-15H,4-10H2,1-3H3,(H,20,21)/t15-/m0/s1. The molecule has 1 N–H and O–H groups in total. The van der Waals surface area contributed by atoms with Gasteiger partial charge >= 0.3 is 5.97 Å². The highest BCUT2D eigenvalue weighted by molar-refractivity contribution is 5.96. The number of benzene rings is 1. The first kappa shape index (κ1) is 19.2. The highest BCUT2D eigenvalue weighted by Gasteiger charge is 2.16. The molecule has 0 saturated heterocycles. The summed E-state index contributed by atoms with van der Waals surface area (Å²) in [7, 11) is 1.31. The van der Waals surface area contributed by atoms with E-state index in [2.05, 4.69) is 17.0 Å². The fourth-order valence-corrected chi connectivity index (χ4v) is 2.45. The van der Waals surface area contributed by atoms with Crippen LogP contribution in [0.4, 0.5) is 0 Å². The van der Waals surface area contributed by atoms with Gasteiger partial charge in [0.2, 0.25) is 0 Å². The number of hydrogen-bond donors (Lipinski definition) is 1. The van der Waals surface area contributed by atoms with Crippen LogP contribution in [-0.4, -0.2) is 25.0 Å². The second-order valence-electron chi connectivity index (χ2n) is 5.93. The van der Waals surface area contributed by atoms with Gasteiger partial charge in [0.25, 0.3) is 5.91 Å². The Labute approximate surface area is 139 Å². The number of amides is 1. The van der Waals surface area contributed by atoms with Crippen molar-refractivity contribution >= 4 is 11.9 Å². The number of carbonyl (C=O) groups excluding carboxylic acids is 2. The van der Waals surface area contributed by atoms with Crippen LogP contribution in [-0.2, 0) is 16.0 Å². The molecular formula is C19H29NO3. The largest absolute Gasteiger partial charge is 0.467 e. The van der Waals surface area contributed by atoms with Gasteiger partial charge in [-0.25, -0.2) is 4.79 Å². The lowest BCUT2D eigenvalue weighted by atomic mass is 10.0. The first-order chi connectivity index (χ1) is 11.1. The molecule has 0 saturated carbocycles. The third-order valence-corrected chi connectivity index (χ3v) is 3.94. The van der Waals surface area contributed by atoms with Gasteiger partial charge in [0.15, 0.2) is 0 Å². The van der Waals surface area contributed by atoms with E-state index in [-0.39, 0.29) is 5.91 Å². The van der Waals surface area contributed by atoms with Crippen molar-refractivity contribution in [1.82, 2.24) is 5.32 Å². The van der Waals surface area contributed by atoms with Crippen molar-refractivity contribution in [2.45, 2.75) is 64.8 Å². The van der Waals surface area contributed by atoms with E-state index in [4.69, 9.17) is 0 Å². The molecule has 0 unspecified atom stereocenters. The minimum absolute atomic E-state index is 0.256. The van der Waals surface area contributed by atoms with Crippen LogP contribution in [0, 0.1) is 0 Å². The minimum Gasteiger partial charge on any atom is -0.467 e. The van der Waals surface area contributed by atoms with E-state index in [1.165, 1.54) is 51.2 Å². The molecule has 0 aliphatic heterocycles. The second-order valence-corrected chi connectivity index (χ2v) is 5.93. The van der Waals surface area contributed by atoms with Crippen LogP contribution in [0.2, 0.25) is 0 Å². The monoisotopic (exact) mass is 319 g/mol. The van der Waals surface area contributed by atoms with Gasteiger partial charge in [-0.05, 0) is 37.5 Å². The smallest absolute Gasteiger partial charge is 0.328 e. The number of ether oxygens (including phenoxy) is 1. The SMILES string of the molecule is CCCCCCCCc1ccc(C(=O)N[C@@H](C)C(=O)OC)cc1. The summed E-state index contributed by atoms with van der Waals surface area (Å²) in [6, 6.07) is 6.96. The summed E-state index contributed by atoms with van der Waals surface area (Å²) in [5.74, 6) is -0.702. The summed E-state index contributed by atoms with van der Waals surface area (Å²) in [6.45, 7) is 3.83. The van der Waals surface area contributed by atoms with Crippen LogP contribution in [0.3, 0.4) is 0 Å². The molecule has 0 heterocycles. The van der Waals surface area contributed by atoms with Crippen LogP contribution >= 0.6 is 0 Å². The second kappa shape index (κ2) is 10.8. The van der Waals surface area contributed by atoms with E-state index in [0.717, 1.165) is 6.42 Å². The van der Waals surface area contributed by atoms with Gasteiger partial charge in [0, 0.05) is 5.56 Å². The molecule has 0 fully saturated rings. The first-order valence-corrected chi connectivity index (χ1v) is 8.56. The Morgan fingerprint density at radius 3 is 2.26 bits per heavy atom. The molecule has 0 bridgehead atoms. The van der Waals surface area contributed by atoms with E-state index in [9.17, 15) is 9.59 Å². The maximum Gasteiger partial charge on any atom is 0.328 e. The van der Waals surface area contributed by atoms with Crippen molar-refractivity contribution in [2.75, 3.05) is 7.11 Å². The van der Waals surface area contributed by atoms with Gasteiger partial charge in [-0.1, -0.05) is 51.2 Å². The molecule has 128 valence electrons. The molecule has 1 atom stereocenters. The van der Waals surface area contributed by atoms with E-state index < -0.39 is 12.0 Å². The number of methoxy groups -OCH3 is 1. The molecule has 1 amide bonds. The topological polar surface area (TPSA) is 55.4 Å². The lowest BCUT2D eigenvalue weighted by molar-refractivity contribution is -0.142. The molecule has 4 nitrogen and oxygen atoms in total. The molecular weight excluding hydrogens is 290 g/mol.